The van der Waals surface area contributed by atoms with Crippen LogP contribution in [0.2, 0.25) is 0 Å². The molecule has 118 valence electrons. The molecular formula is C17H29N3O. The summed E-state index contributed by atoms with van der Waals surface area (Å²) in [5.74, 6) is 0.965. The Morgan fingerprint density at radius 3 is 2.57 bits per heavy atom. The van der Waals surface area contributed by atoms with Crippen LogP contribution >= 0.6 is 0 Å². The van der Waals surface area contributed by atoms with Crippen LogP contribution in [-0.4, -0.2) is 41.2 Å². The van der Waals surface area contributed by atoms with Gasteiger partial charge in [0.05, 0.1) is 12.8 Å². The molecule has 0 radical (unpaired) electrons. The second-order valence-electron chi connectivity index (χ2n) is 7.45. The zero-order valence-corrected chi connectivity index (χ0v) is 14.5. The largest absolute Gasteiger partial charge is 0.496 e. The topological polar surface area (TPSA) is 37.4 Å². The maximum atomic E-state index is 5.53. The summed E-state index contributed by atoms with van der Waals surface area (Å²) in [6.07, 6.45) is 1.92. The second kappa shape index (κ2) is 5.58. The lowest BCUT2D eigenvalue weighted by atomic mass is 9.91. The molecule has 1 saturated heterocycles. The van der Waals surface area contributed by atoms with Crippen LogP contribution in [0.15, 0.2) is 6.20 Å². The number of methoxy groups -OCH3 is 1. The first-order chi connectivity index (χ1) is 9.66. The first-order valence-corrected chi connectivity index (χ1v) is 7.65. The van der Waals surface area contributed by atoms with E-state index in [0.717, 1.165) is 42.2 Å². The Hall–Kier alpha value is -1.13. The number of hydrogen-bond donors (Lipinski definition) is 1. The fraction of sp³-hybridized carbons (Fsp3) is 0.706. The van der Waals surface area contributed by atoms with Crippen LogP contribution in [0, 0.1) is 13.8 Å². The number of ether oxygens (including phenoxy) is 1. The smallest absolute Gasteiger partial charge is 0.128 e. The molecule has 0 aliphatic carbocycles. The SMILES string of the molecule is COc1c(C)cnc(CN2CC(C)(C)NCC2(C)C)c1C. The van der Waals surface area contributed by atoms with Gasteiger partial charge in [0.25, 0.3) is 0 Å². The van der Waals surface area contributed by atoms with Crippen LogP contribution in [0.3, 0.4) is 0 Å². The molecule has 0 spiro atoms. The first kappa shape index (κ1) is 16.2. The van der Waals surface area contributed by atoms with Gasteiger partial charge < -0.3 is 10.1 Å². The summed E-state index contributed by atoms with van der Waals surface area (Å²) in [5.41, 5.74) is 3.63. The highest BCUT2D eigenvalue weighted by molar-refractivity contribution is 5.41. The van der Waals surface area contributed by atoms with Crippen LogP contribution in [0.1, 0.15) is 44.5 Å². The molecule has 0 bridgehead atoms. The lowest BCUT2D eigenvalue weighted by Gasteiger charge is -2.49. The van der Waals surface area contributed by atoms with Crippen molar-refractivity contribution in [1.82, 2.24) is 15.2 Å². The van der Waals surface area contributed by atoms with E-state index < -0.39 is 0 Å². The molecule has 1 aromatic heterocycles. The molecule has 4 nitrogen and oxygen atoms in total. The third kappa shape index (κ3) is 3.38. The van der Waals surface area contributed by atoms with E-state index in [1.165, 1.54) is 0 Å². The molecule has 0 atom stereocenters. The lowest BCUT2D eigenvalue weighted by molar-refractivity contribution is 0.0312. The minimum atomic E-state index is 0.127. The number of aryl methyl sites for hydroxylation is 1. The Labute approximate surface area is 128 Å². The number of piperazine rings is 1. The predicted molar refractivity (Wildman–Crippen MR) is 86.8 cm³/mol. The van der Waals surface area contributed by atoms with Gasteiger partial charge in [0.2, 0.25) is 0 Å². The summed E-state index contributed by atoms with van der Waals surface area (Å²) in [6.45, 7) is 16.1. The Morgan fingerprint density at radius 1 is 1.29 bits per heavy atom. The van der Waals surface area contributed by atoms with E-state index in [2.05, 4.69) is 49.8 Å². The molecule has 1 aliphatic heterocycles. The number of rotatable bonds is 3. The summed E-state index contributed by atoms with van der Waals surface area (Å²) in [4.78, 5) is 7.17. The average Bonchev–Trinajstić information content (AvgIpc) is 2.38. The molecule has 1 N–H and O–H groups in total. The molecule has 0 aromatic carbocycles. The molecular weight excluding hydrogens is 262 g/mol. The van der Waals surface area contributed by atoms with Crippen molar-refractivity contribution >= 4 is 0 Å². The summed E-state index contributed by atoms with van der Waals surface area (Å²) < 4.78 is 5.53. The fourth-order valence-corrected chi connectivity index (χ4v) is 3.00. The Kier molecular flexibility index (Phi) is 4.31. The molecule has 0 unspecified atom stereocenters. The van der Waals surface area contributed by atoms with E-state index in [1.807, 2.05) is 13.1 Å². The highest BCUT2D eigenvalue weighted by Gasteiger charge is 2.37. The van der Waals surface area contributed by atoms with Crippen molar-refractivity contribution in [2.45, 2.75) is 59.2 Å². The number of pyridine rings is 1. The predicted octanol–water partition coefficient (Wildman–Crippen LogP) is 2.67. The van der Waals surface area contributed by atoms with Crippen LogP contribution in [0.5, 0.6) is 5.75 Å². The molecule has 0 amide bonds. The Bertz CT molecular complexity index is 523. The molecule has 1 aromatic rings. The van der Waals surface area contributed by atoms with Crippen LogP contribution in [-0.2, 0) is 6.54 Å². The third-order valence-electron chi connectivity index (χ3n) is 4.53. The Morgan fingerprint density at radius 2 is 1.95 bits per heavy atom. The maximum Gasteiger partial charge on any atom is 0.128 e. The van der Waals surface area contributed by atoms with Crippen molar-refractivity contribution in [3.05, 3.63) is 23.0 Å². The maximum absolute atomic E-state index is 5.53. The highest BCUT2D eigenvalue weighted by atomic mass is 16.5. The molecule has 21 heavy (non-hydrogen) atoms. The van der Waals surface area contributed by atoms with Gasteiger partial charge in [-0.3, -0.25) is 9.88 Å². The van der Waals surface area contributed by atoms with Crippen molar-refractivity contribution < 1.29 is 4.74 Å². The molecule has 1 fully saturated rings. The molecule has 2 rings (SSSR count). The van der Waals surface area contributed by atoms with Gasteiger partial charge in [-0.25, -0.2) is 0 Å². The number of nitrogens with zero attached hydrogens (tertiary/aromatic N) is 2. The van der Waals surface area contributed by atoms with Crippen molar-refractivity contribution in [2.75, 3.05) is 20.2 Å². The van der Waals surface area contributed by atoms with Crippen molar-refractivity contribution in [1.29, 1.82) is 0 Å². The summed E-state index contributed by atoms with van der Waals surface area (Å²) in [7, 11) is 1.73. The van der Waals surface area contributed by atoms with E-state index in [4.69, 9.17) is 4.74 Å². The molecule has 0 saturated carbocycles. The van der Waals surface area contributed by atoms with Crippen molar-refractivity contribution in [2.24, 2.45) is 0 Å². The number of nitrogens with one attached hydrogen (secondary N) is 1. The normalized spacial score (nSPS) is 21.3. The van der Waals surface area contributed by atoms with Gasteiger partial charge in [-0.2, -0.15) is 0 Å². The zero-order valence-electron chi connectivity index (χ0n) is 14.5. The standard InChI is InChI=1S/C17H29N3O/c1-12-8-18-14(13(2)15(12)21-7)9-20-11-16(3,4)19-10-17(20,5)6/h8,19H,9-11H2,1-7H3. The van der Waals surface area contributed by atoms with Gasteiger partial charge >= 0.3 is 0 Å². The number of hydrogen-bond acceptors (Lipinski definition) is 4. The van der Waals surface area contributed by atoms with E-state index in [1.54, 1.807) is 7.11 Å². The average molecular weight is 291 g/mol. The minimum Gasteiger partial charge on any atom is -0.496 e. The Balaban J connectivity index is 2.28. The lowest BCUT2D eigenvalue weighted by Crippen LogP contribution is -2.65. The fourth-order valence-electron chi connectivity index (χ4n) is 3.00. The van der Waals surface area contributed by atoms with Gasteiger partial charge in [-0.1, -0.05) is 0 Å². The monoisotopic (exact) mass is 291 g/mol. The first-order valence-electron chi connectivity index (χ1n) is 7.65. The molecule has 4 heteroatoms. The van der Waals surface area contributed by atoms with E-state index in [-0.39, 0.29) is 11.1 Å². The van der Waals surface area contributed by atoms with Gasteiger partial charge in [0.1, 0.15) is 5.75 Å². The van der Waals surface area contributed by atoms with Gasteiger partial charge in [0, 0.05) is 48.0 Å². The summed E-state index contributed by atoms with van der Waals surface area (Å²) >= 11 is 0. The van der Waals surface area contributed by atoms with Gasteiger partial charge in [-0.05, 0) is 41.5 Å². The minimum absolute atomic E-state index is 0.127. The molecule has 2 heterocycles. The third-order valence-corrected chi connectivity index (χ3v) is 4.53. The van der Waals surface area contributed by atoms with Crippen molar-refractivity contribution in [3.63, 3.8) is 0 Å². The summed E-state index contributed by atoms with van der Waals surface area (Å²) in [5, 5.41) is 3.62. The summed E-state index contributed by atoms with van der Waals surface area (Å²) in [6, 6.07) is 0. The van der Waals surface area contributed by atoms with Crippen LogP contribution in [0.25, 0.3) is 0 Å². The second-order valence-corrected chi connectivity index (χ2v) is 7.45. The van der Waals surface area contributed by atoms with E-state index in [9.17, 15) is 0 Å². The highest BCUT2D eigenvalue weighted by Crippen LogP contribution is 2.29. The van der Waals surface area contributed by atoms with Crippen LogP contribution in [0.4, 0.5) is 0 Å². The van der Waals surface area contributed by atoms with Crippen LogP contribution < -0.4 is 10.1 Å². The number of aromatic nitrogens is 1. The van der Waals surface area contributed by atoms with Gasteiger partial charge in [-0.15, -0.1) is 0 Å². The van der Waals surface area contributed by atoms with Gasteiger partial charge in [0.15, 0.2) is 0 Å². The van der Waals surface area contributed by atoms with E-state index >= 15 is 0 Å². The molecule has 1 aliphatic rings. The van der Waals surface area contributed by atoms with Crippen molar-refractivity contribution in [3.8, 4) is 5.75 Å². The zero-order chi connectivity index (χ0) is 15.8. The quantitative estimate of drug-likeness (QED) is 0.929. The van der Waals surface area contributed by atoms with E-state index in [0.29, 0.717) is 0 Å².